The molecule has 1 rings (SSSR count). The number of aromatic nitrogens is 2. The van der Waals surface area contributed by atoms with E-state index < -0.39 is 5.54 Å². The Morgan fingerprint density at radius 1 is 1.35 bits per heavy atom. The topological polar surface area (TPSA) is 71.8 Å². The predicted molar refractivity (Wildman–Crippen MR) is 72.6 cm³/mol. The Bertz CT molecular complexity index is 432. The Kier molecular flexibility index (Phi) is 4.92. The summed E-state index contributed by atoms with van der Waals surface area (Å²) in [6.45, 7) is 9.93. The predicted octanol–water partition coefficient (Wildman–Crippen LogP) is 2.07. The largest absolute Gasteiger partial charge is 0.319 e. The summed E-state index contributed by atoms with van der Waals surface area (Å²) in [5.41, 5.74) is 5.99. The van der Waals surface area contributed by atoms with Gasteiger partial charge in [-0.25, -0.2) is 4.98 Å². The Labute approximate surface area is 108 Å². The van der Waals surface area contributed by atoms with Gasteiger partial charge in [0.2, 0.25) is 0 Å². The van der Waals surface area contributed by atoms with E-state index in [9.17, 15) is 4.79 Å². The molecule has 98 valence electrons. The van der Waals surface area contributed by atoms with Gasteiger partial charge < -0.3 is 10.7 Å². The number of hydrogen-bond donors (Lipinski definition) is 2. The maximum atomic E-state index is 11.6. The summed E-state index contributed by atoms with van der Waals surface area (Å²) < 4.78 is 0. The lowest BCUT2D eigenvalue weighted by molar-refractivity contribution is 0.434. The fourth-order valence-electron chi connectivity index (χ4n) is 1.28. The van der Waals surface area contributed by atoms with Crippen LogP contribution >= 0.6 is 12.4 Å². The van der Waals surface area contributed by atoms with E-state index >= 15 is 0 Å². The average Bonchev–Trinajstić information content (AvgIpc) is 2.15. The van der Waals surface area contributed by atoms with Crippen LogP contribution in [0.1, 0.15) is 52.6 Å². The molecular weight excluding hydrogens is 238 g/mol. The van der Waals surface area contributed by atoms with Crippen LogP contribution in [0.15, 0.2) is 10.9 Å². The third-order valence-corrected chi connectivity index (χ3v) is 2.79. The highest BCUT2D eigenvalue weighted by atomic mass is 35.5. The molecule has 0 spiro atoms. The minimum Gasteiger partial charge on any atom is -0.319 e. The summed E-state index contributed by atoms with van der Waals surface area (Å²) in [5, 5.41) is 0. The fourth-order valence-corrected chi connectivity index (χ4v) is 1.28. The molecule has 0 fully saturated rings. The molecular formula is C12H22ClN3O. The number of halogens is 1. The van der Waals surface area contributed by atoms with Crippen LogP contribution in [0.4, 0.5) is 0 Å². The van der Waals surface area contributed by atoms with Crippen molar-refractivity contribution in [2.45, 2.75) is 52.0 Å². The first kappa shape index (κ1) is 16.1. The van der Waals surface area contributed by atoms with E-state index in [2.05, 4.69) is 9.97 Å². The van der Waals surface area contributed by atoms with Crippen LogP contribution < -0.4 is 11.3 Å². The normalized spacial score (nSPS) is 14.9. The van der Waals surface area contributed by atoms with Crippen LogP contribution in [0.5, 0.6) is 0 Å². The molecule has 1 atom stereocenters. The van der Waals surface area contributed by atoms with Gasteiger partial charge in [-0.05, 0) is 13.3 Å². The summed E-state index contributed by atoms with van der Waals surface area (Å²) in [7, 11) is 0. The van der Waals surface area contributed by atoms with Gasteiger partial charge in [-0.3, -0.25) is 4.79 Å². The van der Waals surface area contributed by atoms with Gasteiger partial charge >= 0.3 is 0 Å². The van der Waals surface area contributed by atoms with E-state index in [1.54, 1.807) is 0 Å². The Morgan fingerprint density at radius 2 is 1.88 bits per heavy atom. The lowest BCUT2D eigenvalue weighted by atomic mass is 9.91. The van der Waals surface area contributed by atoms with Crippen LogP contribution in [0.3, 0.4) is 0 Å². The molecule has 0 aliphatic carbocycles. The molecule has 0 aromatic carbocycles. The summed E-state index contributed by atoms with van der Waals surface area (Å²) in [4.78, 5) is 18.8. The zero-order valence-corrected chi connectivity index (χ0v) is 11.9. The summed E-state index contributed by atoms with van der Waals surface area (Å²) in [5.74, 6) is 0.562. The van der Waals surface area contributed by atoms with E-state index in [0.717, 1.165) is 12.1 Å². The molecule has 1 aromatic heterocycles. The van der Waals surface area contributed by atoms with Crippen LogP contribution in [-0.4, -0.2) is 9.97 Å². The second-order valence-electron chi connectivity index (χ2n) is 5.50. The van der Waals surface area contributed by atoms with Gasteiger partial charge in [0.1, 0.15) is 5.82 Å². The van der Waals surface area contributed by atoms with Crippen LogP contribution in [0, 0.1) is 0 Å². The molecule has 5 heteroatoms. The number of nitrogens with one attached hydrogen (secondary N) is 1. The maximum absolute atomic E-state index is 11.6. The van der Waals surface area contributed by atoms with Gasteiger partial charge in [-0.2, -0.15) is 0 Å². The number of aromatic amines is 1. The Hall–Kier alpha value is -0.870. The smallest absolute Gasteiger partial charge is 0.251 e. The van der Waals surface area contributed by atoms with Crippen molar-refractivity contribution in [2.75, 3.05) is 0 Å². The maximum Gasteiger partial charge on any atom is 0.251 e. The quantitative estimate of drug-likeness (QED) is 0.854. The van der Waals surface area contributed by atoms with Gasteiger partial charge in [0.05, 0.1) is 11.2 Å². The van der Waals surface area contributed by atoms with E-state index in [0.29, 0.717) is 5.82 Å². The van der Waals surface area contributed by atoms with Gasteiger partial charge in [0, 0.05) is 11.5 Å². The standard InChI is InChI=1S/C12H21N3O.ClH/c1-6-12(5,13)10-14-8(11(2,3)4)7-9(16)15-10;/h7H,6,13H2,1-5H3,(H,14,15,16);1H. The van der Waals surface area contributed by atoms with Gasteiger partial charge in [0.25, 0.3) is 5.56 Å². The molecule has 1 aromatic rings. The Balaban J connectivity index is 0.00000256. The van der Waals surface area contributed by atoms with Crippen LogP contribution in [0.25, 0.3) is 0 Å². The Morgan fingerprint density at radius 3 is 2.29 bits per heavy atom. The number of H-pyrrole nitrogens is 1. The van der Waals surface area contributed by atoms with Gasteiger partial charge in [0.15, 0.2) is 0 Å². The first-order valence-corrected chi connectivity index (χ1v) is 5.58. The lowest BCUT2D eigenvalue weighted by Crippen LogP contribution is -2.37. The zero-order valence-electron chi connectivity index (χ0n) is 11.1. The highest BCUT2D eigenvalue weighted by Gasteiger charge is 2.24. The average molecular weight is 260 g/mol. The van der Waals surface area contributed by atoms with Gasteiger partial charge in [-0.1, -0.05) is 27.7 Å². The van der Waals surface area contributed by atoms with E-state index in [4.69, 9.17) is 5.73 Å². The molecule has 0 aliphatic rings. The molecule has 4 nitrogen and oxygen atoms in total. The second kappa shape index (κ2) is 5.19. The van der Waals surface area contributed by atoms with Crippen molar-refractivity contribution in [3.8, 4) is 0 Å². The van der Waals surface area contributed by atoms with Crippen molar-refractivity contribution in [1.29, 1.82) is 0 Å². The molecule has 17 heavy (non-hydrogen) atoms. The third-order valence-electron chi connectivity index (χ3n) is 2.79. The zero-order chi connectivity index (χ0) is 12.6. The number of rotatable bonds is 2. The molecule has 0 saturated carbocycles. The summed E-state index contributed by atoms with van der Waals surface area (Å²) in [6, 6.07) is 1.54. The highest BCUT2D eigenvalue weighted by Crippen LogP contribution is 2.22. The molecule has 0 aliphatic heterocycles. The summed E-state index contributed by atoms with van der Waals surface area (Å²) >= 11 is 0. The molecule has 1 heterocycles. The minimum atomic E-state index is -0.583. The molecule has 1 unspecified atom stereocenters. The molecule has 3 N–H and O–H groups in total. The van der Waals surface area contributed by atoms with Crippen molar-refractivity contribution in [2.24, 2.45) is 5.73 Å². The van der Waals surface area contributed by atoms with Crippen molar-refractivity contribution < 1.29 is 0 Å². The number of nitrogens with two attached hydrogens (primary N) is 1. The van der Waals surface area contributed by atoms with Crippen molar-refractivity contribution in [3.63, 3.8) is 0 Å². The monoisotopic (exact) mass is 259 g/mol. The molecule has 0 amide bonds. The van der Waals surface area contributed by atoms with Crippen LogP contribution in [0.2, 0.25) is 0 Å². The fraction of sp³-hybridized carbons (Fsp3) is 0.667. The molecule has 0 saturated heterocycles. The van der Waals surface area contributed by atoms with Crippen LogP contribution in [-0.2, 0) is 11.0 Å². The number of hydrogen-bond acceptors (Lipinski definition) is 3. The second-order valence-corrected chi connectivity index (χ2v) is 5.50. The van der Waals surface area contributed by atoms with Crippen molar-refractivity contribution >= 4 is 12.4 Å². The van der Waals surface area contributed by atoms with Crippen molar-refractivity contribution in [3.05, 3.63) is 27.9 Å². The van der Waals surface area contributed by atoms with E-state index in [1.807, 2.05) is 34.6 Å². The minimum absolute atomic E-state index is 0. The summed E-state index contributed by atoms with van der Waals surface area (Å²) in [6.07, 6.45) is 0.726. The van der Waals surface area contributed by atoms with E-state index in [1.165, 1.54) is 6.07 Å². The highest BCUT2D eigenvalue weighted by molar-refractivity contribution is 5.85. The molecule has 0 bridgehead atoms. The lowest BCUT2D eigenvalue weighted by Gasteiger charge is -2.24. The van der Waals surface area contributed by atoms with Crippen molar-refractivity contribution in [1.82, 2.24) is 9.97 Å². The van der Waals surface area contributed by atoms with E-state index in [-0.39, 0.29) is 23.4 Å². The first-order chi connectivity index (χ1) is 7.16. The SMILES string of the molecule is CCC(C)(N)c1nc(C(C)(C)C)cc(=O)[nH]1.Cl. The van der Waals surface area contributed by atoms with Gasteiger partial charge in [-0.15, -0.1) is 12.4 Å². The third kappa shape index (κ3) is 3.82. The number of nitrogens with zero attached hydrogens (tertiary/aromatic N) is 1. The molecule has 0 radical (unpaired) electrons. The first-order valence-electron chi connectivity index (χ1n) is 5.58.